The molecule has 0 unspecified atom stereocenters. The lowest BCUT2D eigenvalue weighted by atomic mass is 9.96. The van der Waals surface area contributed by atoms with Crippen molar-refractivity contribution >= 4 is 5.82 Å². The first kappa shape index (κ1) is 15.3. The first-order valence-electron chi connectivity index (χ1n) is 6.58. The highest BCUT2D eigenvalue weighted by atomic mass is 19.3. The highest BCUT2D eigenvalue weighted by molar-refractivity contribution is 5.71. The zero-order valence-corrected chi connectivity index (χ0v) is 12.5. The van der Waals surface area contributed by atoms with E-state index in [-0.39, 0.29) is 11.2 Å². The lowest BCUT2D eigenvalue weighted by Gasteiger charge is -2.17. The number of alkyl halides is 2. The molecule has 2 rings (SSSR count). The molecule has 1 aromatic heterocycles. The van der Waals surface area contributed by atoms with Gasteiger partial charge in [-0.05, 0) is 24.3 Å². The quantitative estimate of drug-likeness (QED) is 0.941. The van der Waals surface area contributed by atoms with Crippen LogP contribution in [0.5, 0.6) is 5.75 Å². The maximum atomic E-state index is 12.1. The maximum absolute atomic E-state index is 12.1. The van der Waals surface area contributed by atoms with Gasteiger partial charge in [0.25, 0.3) is 0 Å². The Hall–Kier alpha value is -2.11. The predicted octanol–water partition coefficient (Wildman–Crippen LogP) is 3.57. The number of nitrogens with zero attached hydrogens (tertiary/aromatic N) is 2. The molecule has 6 heteroatoms. The monoisotopic (exact) mass is 295 g/mol. The first-order valence-corrected chi connectivity index (χ1v) is 6.58. The minimum atomic E-state index is -2.83. The molecule has 0 saturated carbocycles. The number of rotatable bonds is 3. The predicted molar refractivity (Wildman–Crippen MR) is 78.4 cm³/mol. The number of anilines is 1. The first-order chi connectivity index (χ1) is 9.70. The standard InChI is InChI=1S/C15H19F2N3O/c1-15(2,3)13-19-11(12(18)20(13)4)9-5-7-10(8-6-9)21-14(16)17/h5-8,14H,18H2,1-4H3. The highest BCUT2D eigenvalue weighted by Crippen LogP contribution is 2.31. The zero-order valence-electron chi connectivity index (χ0n) is 12.5. The van der Waals surface area contributed by atoms with E-state index in [0.717, 1.165) is 11.4 Å². The van der Waals surface area contributed by atoms with E-state index >= 15 is 0 Å². The third kappa shape index (κ3) is 3.15. The molecule has 21 heavy (non-hydrogen) atoms. The van der Waals surface area contributed by atoms with Crippen LogP contribution < -0.4 is 10.5 Å². The van der Waals surface area contributed by atoms with Gasteiger partial charge in [0, 0.05) is 18.0 Å². The lowest BCUT2D eigenvalue weighted by molar-refractivity contribution is -0.0498. The molecule has 0 aliphatic carbocycles. The van der Waals surface area contributed by atoms with Crippen LogP contribution in [0.25, 0.3) is 11.3 Å². The molecule has 0 atom stereocenters. The van der Waals surface area contributed by atoms with E-state index in [2.05, 4.69) is 30.5 Å². The summed E-state index contributed by atoms with van der Waals surface area (Å²) in [6.45, 7) is 3.33. The SMILES string of the molecule is Cn1c(C(C)(C)C)nc(-c2ccc(OC(F)F)cc2)c1N. The Morgan fingerprint density at radius 3 is 2.19 bits per heavy atom. The molecule has 0 spiro atoms. The van der Waals surface area contributed by atoms with Crippen LogP contribution in [0.4, 0.5) is 14.6 Å². The van der Waals surface area contributed by atoms with E-state index in [1.54, 1.807) is 12.1 Å². The van der Waals surface area contributed by atoms with E-state index in [1.165, 1.54) is 12.1 Å². The molecule has 1 aromatic carbocycles. The third-order valence-electron chi connectivity index (χ3n) is 3.16. The van der Waals surface area contributed by atoms with Gasteiger partial charge < -0.3 is 15.0 Å². The summed E-state index contributed by atoms with van der Waals surface area (Å²) >= 11 is 0. The van der Waals surface area contributed by atoms with Crippen molar-refractivity contribution in [3.8, 4) is 17.0 Å². The van der Waals surface area contributed by atoms with Crippen LogP contribution in [0, 0.1) is 0 Å². The topological polar surface area (TPSA) is 53.1 Å². The molecular weight excluding hydrogens is 276 g/mol. The van der Waals surface area contributed by atoms with Crippen LogP contribution in [-0.2, 0) is 12.5 Å². The number of benzene rings is 1. The fourth-order valence-corrected chi connectivity index (χ4v) is 2.19. The van der Waals surface area contributed by atoms with Crippen LogP contribution in [-0.4, -0.2) is 16.2 Å². The maximum Gasteiger partial charge on any atom is 0.387 e. The number of aromatic nitrogens is 2. The van der Waals surface area contributed by atoms with Gasteiger partial charge in [-0.15, -0.1) is 0 Å². The molecule has 1 heterocycles. The summed E-state index contributed by atoms with van der Waals surface area (Å²) < 4.78 is 30.4. The second-order valence-electron chi connectivity index (χ2n) is 5.88. The number of hydrogen-bond acceptors (Lipinski definition) is 3. The third-order valence-corrected chi connectivity index (χ3v) is 3.16. The highest BCUT2D eigenvalue weighted by Gasteiger charge is 2.23. The van der Waals surface area contributed by atoms with Crippen molar-refractivity contribution in [1.29, 1.82) is 0 Å². The second-order valence-corrected chi connectivity index (χ2v) is 5.88. The Labute approximate surface area is 122 Å². The number of imidazole rings is 1. The molecule has 0 fully saturated rings. The van der Waals surface area contributed by atoms with Crippen molar-refractivity contribution < 1.29 is 13.5 Å². The molecule has 0 bridgehead atoms. The van der Waals surface area contributed by atoms with Crippen molar-refractivity contribution in [2.24, 2.45) is 7.05 Å². The van der Waals surface area contributed by atoms with Crippen molar-refractivity contribution in [3.63, 3.8) is 0 Å². The smallest absolute Gasteiger partial charge is 0.387 e. The average molecular weight is 295 g/mol. The van der Waals surface area contributed by atoms with Gasteiger partial charge in [0.05, 0.1) is 0 Å². The summed E-state index contributed by atoms with van der Waals surface area (Å²) in [5, 5.41) is 0. The molecule has 0 saturated heterocycles. The Bertz CT molecular complexity index is 628. The van der Waals surface area contributed by atoms with Crippen molar-refractivity contribution in [1.82, 2.24) is 9.55 Å². The fraction of sp³-hybridized carbons (Fsp3) is 0.400. The van der Waals surface area contributed by atoms with E-state index in [4.69, 9.17) is 5.73 Å². The number of hydrogen-bond donors (Lipinski definition) is 1. The van der Waals surface area contributed by atoms with Crippen molar-refractivity contribution in [3.05, 3.63) is 30.1 Å². The van der Waals surface area contributed by atoms with Crippen LogP contribution in [0.2, 0.25) is 0 Å². The number of nitrogen functional groups attached to an aromatic ring is 1. The van der Waals surface area contributed by atoms with Gasteiger partial charge in [0.1, 0.15) is 23.1 Å². The normalized spacial score (nSPS) is 12.0. The van der Waals surface area contributed by atoms with Gasteiger partial charge in [-0.25, -0.2) is 4.98 Å². The van der Waals surface area contributed by atoms with Gasteiger partial charge in [-0.2, -0.15) is 8.78 Å². The lowest BCUT2D eigenvalue weighted by Crippen LogP contribution is -2.17. The van der Waals surface area contributed by atoms with E-state index < -0.39 is 6.61 Å². The summed E-state index contributed by atoms with van der Waals surface area (Å²) in [5.41, 5.74) is 7.37. The van der Waals surface area contributed by atoms with Crippen LogP contribution >= 0.6 is 0 Å². The Balaban J connectivity index is 2.39. The minimum absolute atomic E-state index is 0.110. The van der Waals surface area contributed by atoms with Gasteiger partial charge in [-0.3, -0.25) is 0 Å². The average Bonchev–Trinajstić information content (AvgIpc) is 2.67. The summed E-state index contributed by atoms with van der Waals surface area (Å²) in [6, 6.07) is 6.30. The van der Waals surface area contributed by atoms with E-state index in [1.807, 2.05) is 11.6 Å². The number of nitrogens with two attached hydrogens (primary N) is 1. The molecule has 0 radical (unpaired) electrons. The van der Waals surface area contributed by atoms with Crippen molar-refractivity contribution in [2.45, 2.75) is 32.8 Å². The van der Waals surface area contributed by atoms with Gasteiger partial charge in [0.2, 0.25) is 0 Å². The van der Waals surface area contributed by atoms with Crippen LogP contribution in [0.3, 0.4) is 0 Å². The van der Waals surface area contributed by atoms with Gasteiger partial charge in [0.15, 0.2) is 0 Å². The van der Waals surface area contributed by atoms with Crippen LogP contribution in [0.1, 0.15) is 26.6 Å². The largest absolute Gasteiger partial charge is 0.435 e. The van der Waals surface area contributed by atoms with Crippen LogP contribution in [0.15, 0.2) is 24.3 Å². The molecule has 0 aliphatic rings. The summed E-state index contributed by atoms with van der Waals surface area (Å²) in [7, 11) is 1.86. The molecule has 2 N–H and O–H groups in total. The fourth-order valence-electron chi connectivity index (χ4n) is 2.19. The summed E-state index contributed by atoms with van der Waals surface area (Å²) in [6.07, 6.45) is 0. The molecule has 0 amide bonds. The van der Waals surface area contributed by atoms with Crippen molar-refractivity contribution in [2.75, 3.05) is 5.73 Å². The molecule has 2 aromatic rings. The van der Waals surface area contributed by atoms with Gasteiger partial charge >= 0.3 is 6.61 Å². The molecular formula is C15H19F2N3O. The van der Waals surface area contributed by atoms with E-state index in [0.29, 0.717) is 11.5 Å². The summed E-state index contributed by atoms with van der Waals surface area (Å²) in [5.74, 6) is 1.52. The Morgan fingerprint density at radius 2 is 1.76 bits per heavy atom. The second kappa shape index (κ2) is 5.35. The summed E-state index contributed by atoms with van der Waals surface area (Å²) in [4.78, 5) is 4.59. The number of halogens is 2. The molecule has 0 aliphatic heterocycles. The number of ether oxygens (including phenoxy) is 1. The molecule has 4 nitrogen and oxygen atoms in total. The zero-order chi connectivity index (χ0) is 15.8. The molecule has 114 valence electrons. The van der Waals surface area contributed by atoms with Gasteiger partial charge in [-0.1, -0.05) is 20.8 Å². The Morgan fingerprint density at radius 1 is 1.19 bits per heavy atom. The van der Waals surface area contributed by atoms with E-state index in [9.17, 15) is 8.78 Å². The minimum Gasteiger partial charge on any atom is -0.435 e. The Kier molecular flexibility index (Phi) is 3.89.